The third-order valence-corrected chi connectivity index (χ3v) is 4.63. The van der Waals surface area contributed by atoms with Crippen LogP contribution in [0.4, 0.5) is 5.69 Å². The summed E-state index contributed by atoms with van der Waals surface area (Å²) in [7, 11) is 0. The maximum Gasteiger partial charge on any atom is 0.264 e. The van der Waals surface area contributed by atoms with Gasteiger partial charge in [0, 0.05) is 4.88 Å². The zero-order valence-electron chi connectivity index (χ0n) is 11.7. The number of nitrogens with one attached hydrogen (secondary N) is 1. The first kappa shape index (κ1) is 14.1. The molecule has 1 amide bonds. The summed E-state index contributed by atoms with van der Waals surface area (Å²) >= 11 is 2.99. The lowest BCUT2D eigenvalue weighted by Crippen LogP contribution is -2.19. The van der Waals surface area contributed by atoms with Gasteiger partial charge in [0.2, 0.25) is 0 Å². The van der Waals surface area contributed by atoms with E-state index in [0.29, 0.717) is 10.1 Å². The SMILES string of the molecule is Cc1cc(C)cc(N=C2NC(=O)C(=Cc3cccs3)S2)c1. The van der Waals surface area contributed by atoms with Gasteiger partial charge in [-0.05, 0) is 66.4 Å². The zero-order valence-corrected chi connectivity index (χ0v) is 13.3. The Hall–Kier alpha value is -1.85. The molecule has 3 rings (SSSR count). The van der Waals surface area contributed by atoms with Crippen LogP contribution in [0.15, 0.2) is 45.6 Å². The molecule has 1 aromatic heterocycles. The number of amides is 1. The smallest absolute Gasteiger partial charge is 0.264 e. The molecule has 1 N–H and O–H groups in total. The van der Waals surface area contributed by atoms with Crippen LogP contribution in [0.3, 0.4) is 0 Å². The monoisotopic (exact) mass is 314 g/mol. The van der Waals surface area contributed by atoms with Gasteiger partial charge in [0.05, 0.1) is 10.6 Å². The lowest BCUT2D eigenvalue weighted by Gasteiger charge is -2.00. The van der Waals surface area contributed by atoms with Crippen molar-refractivity contribution in [2.45, 2.75) is 13.8 Å². The van der Waals surface area contributed by atoms with Gasteiger partial charge >= 0.3 is 0 Å². The van der Waals surface area contributed by atoms with Gasteiger partial charge in [-0.15, -0.1) is 11.3 Å². The highest BCUT2D eigenvalue weighted by molar-refractivity contribution is 8.18. The Bertz CT molecular complexity index is 725. The Morgan fingerprint density at radius 1 is 1.19 bits per heavy atom. The number of carbonyl (C=O) groups excluding carboxylic acids is 1. The van der Waals surface area contributed by atoms with Crippen molar-refractivity contribution in [1.82, 2.24) is 5.32 Å². The molecule has 2 heterocycles. The quantitative estimate of drug-likeness (QED) is 0.842. The molecule has 0 radical (unpaired) electrons. The maximum atomic E-state index is 12.0. The van der Waals surface area contributed by atoms with Crippen molar-refractivity contribution in [3.05, 3.63) is 56.6 Å². The minimum Gasteiger partial charge on any atom is -0.300 e. The van der Waals surface area contributed by atoms with Crippen LogP contribution >= 0.6 is 23.1 Å². The largest absolute Gasteiger partial charge is 0.300 e. The summed E-state index contributed by atoms with van der Waals surface area (Å²) in [5.74, 6) is -0.0866. The minimum absolute atomic E-state index is 0.0866. The molecule has 0 atom stereocenters. The number of rotatable bonds is 2. The first-order valence-corrected chi connectivity index (χ1v) is 8.21. The highest BCUT2D eigenvalue weighted by Crippen LogP contribution is 2.29. The van der Waals surface area contributed by atoms with E-state index in [1.807, 2.05) is 49.6 Å². The minimum atomic E-state index is -0.0866. The van der Waals surface area contributed by atoms with Crippen LogP contribution < -0.4 is 5.32 Å². The molecule has 106 valence electrons. The van der Waals surface area contributed by atoms with Crippen LogP contribution in [-0.2, 0) is 4.79 Å². The number of benzene rings is 1. The molecule has 1 aromatic carbocycles. The Kier molecular flexibility index (Phi) is 3.94. The van der Waals surface area contributed by atoms with E-state index in [1.54, 1.807) is 11.3 Å². The van der Waals surface area contributed by atoms with E-state index < -0.39 is 0 Å². The molecule has 1 aliphatic rings. The van der Waals surface area contributed by atoms with Gasteiger partial charge in [0.25, 0.3) is 5.91 Å². The summed E-state index contributed by atoms with van der Waals surface area (Å²) in [5.41, 5.74) is 3.20. The number of amidine groups is 1. The summed E-state index contributed by atoms with van der Waals surface area (Å²) in [5, 5.41) is 5.44. The fraction of sp³-hybridized carbons (Fsp3) is 0.125. The van der Waals surface area contributed by atoms with Crippen LogP contribution in [0, 0.1) is 13.8 Å². The van der Waals surface area contributed by atoms with Crippen molar-refractivity contribution in [2.75, 3.05) is 0 Å². The van der Waals surface area contributed by atoms with E-state index in [4.69, 9.17) is 0 Å². The second-order valence-electron chi connectivity index (χ2n) is 4.84. The first-order chi connectivity index (χ1) is 10.1. The van der Waals surface area contributed by atoms with Crippen molar-refractivity contribution < 1.29 is 4.79 Å². The van der Waals surface area contributed by atoms with E-state index in [9.17, 15) is 4.79 Å². The number of aliphatic imine (C=N–C) groups is 1. The molecular weight excluding hydrogens is 300 g/mol. The highest BCUT2D eigenvalue weighted by atomic mass is 32.2. The number of carbonyl (C=O) groups is 1. The number of hydrogen-bond donors (Lipinski definition) is 1. The Morgan fingerprint density at radius 2 is 1.95 bits per heavy atom. The average Bonchev–Trinajstić information content (AvgIpc) is 3.00. The van der Waals surface area contributed by atoms with Crippen molar-refractivity contribution in [1.29, 1.82) is 0 Å². The fourth-order valence-electron chi connectivity index (χ4n) is 2.12. The van der Waals surface area contributed by atoms with E-state index in [1.165, 1.54) is 11.8 Å². The fourth-order valence-corrected chi connectivity index (χ4v) is 3.68. The average molecular weight is 314 g/mol. The molecule has 3 nitrogen and oxygen atoms in total. The summed E-state index contributed by atoms with van der Waals surface area (Å²) in [6, 6.07) is 10.1. The third kappa shape index (κ3) is 3.43. The second-order valence-corrected chi connectivity index (χ2v) is 6.85. The van der Waals surface area contributed by atoms with Crippen LogP contribution in [0.2, 0.25) is 0 Å². The van der Waals surface area contributed by atoms with Gasteiger partial charge in [-0.3, -0.25) is 4.79 Å². The maximum absolute atomic E-state index is 12.0. The van der Waals surface area contributed by atoms with Crippen molar-refractivity contribution >= 4 is 45.9 Å². The molecule has 0 aliphatic carbocycles. The Morgan fingerprint density at radius 3 is 2.62 bits per heavy atom. The molecule has 5 heteroatoms. The van der Waals surface area contributed by atoms with Crippen molar-refractivity contribution in [3.63, 3.8) is 0 Å². The van der Waals surface area contributed by atoms with E-state index in [2.05, 4.69) is 16.4 Å². The number of thioether (sulfide) groups is 1. The topological polar surface area (TPSA) is 41.5 Å². The highest BCUT2D eigenvalue weighted by Gasteiger charge is 2.23. The van der Waals surface area contributed by atoms with Crippen LogP contribution in [-0.4, -0.2) is 11.1 Å². The lowest BCUT2D eigenvalue weighted by molar-refractivity contribution is -0.115. The van der Waals surface area contributed by atoms with E-state index >= 15 is 0 Å². The van der Waals surface area contributed by atoms with Crippen molar-refractivity contribution in [2.24, 2.45) is 4.99 Å². The summed E-state index contributed by atoms with van der Waals surface area (Å²) in [6.07, 6.45) is 1.90. The summed E-state index contributed by atoms with van der Waals surface area (Å²) in [6.45, 7) is 4.08. The molecule has 0 saturated carbocycles. The van der Waals surface area contributed by atoms with Gasteiger partial charge in [0.1, 0.15) is 0 Å². The molecule has 21 heavy (non-hydrogen) atoms. The number of nitrogens with zero attached hydrogens (tertiary/aromatic N) is 1. The van der Waals surface area contributed by atoms with Crippen LogP contribution in [0.25, 0.3) is 6.08 Å². The Balaban J connectivity index is 1.85. The standard InChI is InChI=1S/C16H14N2OS2/c1-10-6-11(2)8-12(7-10)17-16-18-15(19)14(21-16)9-13-4-3-5-20-13/h3-9H,1-2H3,(H,17,18,19). The van der Waals surface area contributed by atoms with Gasteiger partial charge < -0.3 is 5.32 Å². The van der Waals surface area contributed by atoms with Gasteiger partial charge in [-0.1, -0.05) is 12.1 Å². The molecule has 0 unspecified atom stereocenters. The van der Waals surface area contributed by atoms with Crippen LogP contribution in [0.5, 0.6) is 0 Å². The van der Waals surface area contributed by atoms with Crippen molar-refractivity contribution in [3.8, 4) is 0 Å². The lowest BCUT2D eigenvalue weighted by atomic mass is 10.1. The third-order valence-electron chi connectivity index (χ3n) is 2.90. The van der Waals surface area contributed by atoms with Gasteiger partial charge in [-0.25, -0.2) is 4.99 Å². The normalized spacial score (nSPS) is 18.5. The zero-order chi connectivity index (χ0) is 14.8. The number of thiophene rings is 1. The molecule has 1 aliphatic heterocycles. The molecule has 1 saturated heterocycles. The summed E-state index contributed by atoms with van der Waals surface area (Å²) in [4.78, 5) is 18.2. The van der Waals surface area contributed by atoms with Gasteiger partial charge in [0.15, 0.2) is 5.17 Å². The van der Waals surface area contributed by atoms with Gasteiger partial charge in [-0.2, -0.15) is 0 Å². The van der Waals surface area contributed by atoms with E-state index in [0.717, 1.165) is 21.7 Å². The molecule has 0 spiro atoms. The molecule has 1 fully saturated rings. The molecular formula is C16H14N2OS2. The predicted molar refractivity (Wildman–Crippen MR) is 91.0 cm³/mol. The molecule has 0 bridgehead atoms. The van der Waals surface area contributed by atoms with E-state index in [-0.39, 0.29) is 5.91 Å². The second kappa shape index (κ2) is 5.87. The predicted octanol–water partition coefficient (Wildman–Crippen LogP) is 4.26. The molecule has 2 aromatic rings. The number of hydrogen-bond acceptors (Lipinski definition) is 4. The van der Waals surface area contributed by atoms with Crippen LogP contribution in [0.1, 0.15) is 16.0 Å². The Labute approximate surface area is 131 Å². The first-order valence-electron chi connectivity index (χ1n) is 6.51. The number of aryl methyl sites for hydroxylation is 2. The summed E-state index contributed by atoms with van der Waals surface area (Å²) < 4.78 is 0.